The van der Waals surface area contributed by atoms with Crippen molar-refractivity contribution in [3.05, 3.63) is 18.2 Å². The molecule has 0 N–H and O–H groups in total. The second-order valence-corrected chi connectivity index (χ2v) is 12.3. The van der Waals surface area contributed by atoms with Gasteiger partial charge in [0.1, 0.15) is 12.4 Å². The van der Waals surface area contributed by atoms with Crippen LogP contribution in [0.1, 0.15) is 200 Å². The van der Waals surface area contributed by atoms with Gasteiger partial charge in [0, 0.05) is 6.42 Å². The quantitative estimate of drug-likeness (QED) is 0.0771. The zero-order chi connectivity index (χ0) is 26.8. The summed E-state index contributed by atoms with van der Waals surface area (Å²) in [6.45, 7) is 10.5. The van der Waals surface area contributed by atoms with Gasteiger partial charge in [0.25, 0.3) is 5.82 Å². The number of imidazole rings is 1. The molecule has 2 nitrogen and oxygen atoms in total. The molecule has 0 aliphatic carbocycles. The Bertz CT molecular complexity index is 588. The summed E-state index contributed by atoms with van der Waals surface area (Å²) in [6.07, 6.45) is 41.8. The van der Waals surface area contributed by atoms with E-state index < -0.39 is 0 Å². The number of hydrogen-bond acceptors (Lipinski definition) is 0. The summed E-state index contributed by atoms with van der Waals surface area (Å²) in [5.74, 6) is 1.57. The van der Waals surface area contributed by atoms with E-state index in [0.717, 1.165) is 0 Å². The standard InChI is InChI=1S/C35H69N2/c1-5-7-9-11-13-15-17-18-19-20-21-23-25-27-29-31-36-32-33-37(34(3)4)35(36)30-28-26-24-22-16-14-12-10-8-6-2/h32-34H,5-31H2,1-4H3/q+1. The normalized spacial score (nSPS) is 11.7. The molecule has 0 amide bonds. The Morgan fingerprint density at radius 1 is 0.514 bits per heavy atom. The third kappa shape index (κ3) is 19.0. The summed E-state index contributed by atoms with van der Waals surface area (Å²) in [7, 11) is 0. The molecule has 0 saturated carbocycles. The van der Waals surface area contributed by atoms with E-state index in [9.17, 15) is 0 Å². The second kappa shape index (κ2) is 25.5. The van der Waals surface area contributed by atoms with Crippen LogP contribution in [0.5, 0.6) is 0 Å². The lowest BCUT2D eigenvalue weighted by Gasteiger charge is -2.08. The highest BCUT2D eigenvalue weighted by Gasteiger charge is 2.18. The molecule has 0 aliphatic heterocycles. The van der Waals surface area contributed by atoms with Gasteiger partial charge >= 0.3 is 0 Å². The Balaban J connectivity index is 2.07. The molecule has 0 fully saturated rings. The van der Waals surface area contributed by atoms with Crippen LogP contribution in [-0.2, 0) is 13.0 Å². The molecule has 2 heteroatoms. The summed E-state index contributed by atoms with van der Waals surface area (Å²) >= 11 is 0. The van der Waals surface area contributed by atoms with Gasteiger partial charge in [-0.3, -0.25) is 0 Å². The first-order valence-electron chi connectivity index (χ1n) is 17.3. The molecule has 1 rings (SSSR count). The van der Waals surface area contributed by atoms with Crippen molar-refractivity contribution in [1.29, 1.82) is 0 Å². The van der Waals surface area contributed by atoms with Crippen LogP contribution in [0.4, 0.5) is 0 Å². The average Bonchev–Trinajstić information content (AvgIpc) is 3.30. The lowest BCUT2D eigenvalue weighted by molar-refractivity contribution is -0.704. The van der Waals surface area contributed by atoms with Gasteiger partial charge in [-0.05, 0) is 33.1 Å². The fourth-order valence-electron chi connectivity index (χ4n) is 5.84. The number of aryl methyl sites for hydroxylation is 1. The number of aromatic nitrogens is 2. The SMILES string of the molecule is CCCCCCCCCCCCCCCCC[n+]1ccn(C(C)C)c1CCCCCCCCCCCC. The van der Waals surface area contributed by atoms with Crippen LogP contribution in [0.25, 0.3) is 0 Å². The molecule has 0 radical (unpaired) electrons. The van der Waals surface area contributed by atoms with E-state index in [2.05, 4.69) is 49.2 Å². The molecule has 0 atom stereocenters. The summed E-state index contributed by atoms with van der Waals surface area (Å²) in [6, 6.07) is 0.570. The van der Waals surface area contributed by atoms with Gasteiger partial charge in [0.05, 0.1) is 12.6 Å². The van der Waals surface area contributed by atoms with Crippen molar-refractivity contribution in [3.8, 4) is 0 Å². The number of unbranched alkanes of at least 4 members (excludes halogenated alkanes) is 23. The zero-order valence-corrected chi connectivity index (χ0v) is 26.2. The lowest BCUT2D eigenvalue weighted by Crippen LogP contribution is -2.37. The first kappa shape index (κ1) is 34.2. The van der Waals surface area contributed by atoms with Gasteiger partial charge in [-0.25, -0.2) is 9.13 Å². The van der Waals surface area contributed by atoms with E-state index in [1.807, 2.05) is 0 Å². The largest absolute Gasteiger partial charge is 0.256 e. The van der Waals surface area contributed by atoms with Crippen molar-refractivity contribution in [2.45, 2.75) is 207 Å². The van der Waals surface area contributed by atoms with Crippen LogP contribution in [0.3, 0.4) is 0 Å². The highest BCUT2D eigenvalue weighted by molar-refractivity contribution is 4.86. The molecular formula is C35H69N2+. The third-order valence-corrected chi connectivity index (χ3v) is 8.35. The fourth-order valence-corrected chi connectivity index (χ4v) is 5.84. The Kier molecular flexibility index (Phi) is 23.6. The molecule has 0 bridgehead atoms. The van der Waals surface area contributed by atoms with Crippen molar-refractivity contribution < 1.29 is 4.57 Å². The highest BCUT2D eigenvalue weighted by Crippen LogP contribution is 2.15. The van der Waals surface area contributed by atoms with Crippen LogP contribution in [-0.4, -0.2) is 4.57 Å². The highest BCUT2D eigenvalue weighted by atomic mass is 15.2. The molecule has 0 spiro atoms. The van der Waals surface area contributed by atoms with Crippen LogP contribution in [0.2, 0.25) is 0 Å². The molecule has 37 heavy (non-hydrogen) atoms. The van der Waals surface area contributed by atoms with Crippen molar-refractivity contribution in [2.75, 3.05) is 0 Å². The maximum atomic E-state index is 2.58. The zero-order valence-electron chi connectivity index (χ0n) is 26.2. The predicted octanol–water partition coefficient (Wildman–Crippen LogP) is 11.7. The average molecular weight is 518 g/mol. The minimum absolute atomic E-state index is 0.570. The molecular weight excluding hydrogens is 448 g/mol. The van der Waals surface area contributed by atoms with E-state index >= 15 is 0 Å². The number of nitrogens with zero attached hydrogens (tertiary/aromatic N) is 2. The van der Waals surface area contributed by atoms with Crippen LogP contribution in [0.15, 0.2) is 12.4 Å². The van der Waals surface area contributed by atoms with Crippen LogP contribution in [0, 0.1) is 0 Å². The van der Waals surface area contributed by atoms with Crippen LogP contribution >= 0.6 is 0 Å². The third-order valence-electron chi connectivity index (χ3n) is 8.35. The molecule has 0 aromatic carbocycles. The molecule has 1 aromatic rings. The number of rotatable bonds is 28. The number of hydrogen-bond donors (Lipinski definition) is 0. The van der Waals surface area contributed by atoms with Gasteiger partial charge in [0.2, 0.25) is 0 Å². The van der Waals surface area contributed by atoms with Gasteiger partial charge in [-0.1, -0.05) is 155 Å². The summed E-state index contributed by atoms with van der Waals surface area (Å²) < 4.78 is 5.11. The van der Waals surface area contributed by atoms with Gasteiger partial charge in [0.15, 0.2) is 0 Å². The maximum absolute atomic E-state index is 2.58. The minimum atomic E-state index is 0.570. The van der Waals surface area contributed by atoms with Crippen molar-refractivity contribution in [1.82, 2.24) is 4.57 Å². The summed E-state index contributed by atoms with van der Waals surface area (Å²) in [5, 5.41) is 0. The van der Waals surface area contributed by atoms with E-state index in [4.69, 9.17) is 0 Å². The molecule has 1 heterocycles. The Morgan fingerprint density at radius 2 is 0.865 bits per heavy atom. The van der Waals surface area contributed by atoms with Crippen molar-refractivity contribution in [3.63, 3.8) is 0 Å². The Labute approximate surface area is 234 Å². The predicted molar refractivity (Wildman–Crippen MR) is 165 cm³/mol. The molecule has 0 aliphatic rings. The van der Waals surface area contributed by atoms with Gasteiger partial charge < -0.3 is 0 Å². The fraction of sp³-hybridized carbons (Fsp3) is 0.914. The molecule has 218 valence electrons. The lowest BCUT2D eigenvalue weighted by atomic mass is 10.0. The van der Waals surface area contributed by atoms with E-state index in [1.165, 1.54) is 173 Å². The molecule has 1 aromatic heterocycles. The molecule has 0 unspecified atom stereocenters. The summed E-state index contributed by atoms with van der Waals surface area (Å²) in [4.78, 5) is 0. The first-order valence-corrected chi connectivity index (χ1v) is 17.3. The van der Waals surface area contributed by atoms with E-state index in [1.54, 1.807) is 5.82 Å². The van der Waals surface area contributed by atoms with Crippen LogP contribution < -0.4 is 4.57 Å². The summed E-state index contributed by atoms with van der Waals surface area (Å²) in [5.41, 5.74) is 0. The van der Waals surface area contributed by atoms with Gasteiger partial charge in [-0.2, -0.15) is 0 Å². The first-order chi connectivity index (χ1) is 18.2. The minimum Gasteiger partial charge on any atom is -0.234 e. The Morgan fingerprint density at radius 3 is 1.24 bits per heavy atom. The monoisotopic (exact) mass is 518 g/mol. The van der Waals surface area contributed by atoms with Crippen molar-refractivity contribution in [2.24, 2.45) is 0 Å². The topological polar surface area (TPSA) is 8.81 Å². The molecule has 0 saturated heterocycles. The smallest absolute Gasteiger partial charge is 0.234 e. The van der Waals surface area contributed by atoms with E-state index in [-0.39, 0.29) is 0 Å². The Hall–Kier alpha value is -0.790. The van der Waals surface area contributed by atoms with Crippen molar-refractivity contribution >= 4 is 0 Å². The van der Waals surface area contributed by atoms with Gasteiger partial charge in [-0.15, -0.1) is 0 Å². The second-order valence-electron chi connectivity index (χ2n) is 12.3. The maximum Gasteiger partial charge on any atom is 0.256 e. The van der Waals surface area contributed by atoms with E-state index in [0.29, 0.717) is 6.04 Å².